The van der Waals surface area contributed by atoms with Crippen molar-refractivity contribution in [3.63, 3.8) is 0 Å². The largest absolute Gasteiger partial charge is 0.278 e. The van der Waals surface area contributed by atoms with E-state index in [-0.39, 0.29) is 4.90 Å². The summed E-state index contributed by atoms with van der Waals surface area (Å²) in [6, 6.07) is 12.4. The number of anilines is 1. The molecule has 3 nitrogen and oxygen atoms in total. The van der Waals surface area contributed by atoms with Crippen LogP contribution in [0.25, 0.3) is 0 Å². The van der Waals surface area contributed by atoms with E-state index in [4.69, 9.17) is 0 Å². The van der Waals surface area contributed by atoms with Crippen molar-refractivity contribution in [2.75, 3.05) is 4.72 Å². The summed E-state index contributed by atoms with van der Waals surface area (Å²) in [5, 5.41) is 0. The number of hydrogen-bond acceptors (Lipinski definition) is 2. The summed E-state index contributed by atoms with van der Waals surface area (Å²) in [6.45, 7) is 6.11. The predicted molar refractivity (Wildman–Crippen MR) is 90.2 cm³/mol. The minimum Gasteiger partial charge on any atom is -0.278 e. The molecule has 0 fully saturated rings. The Kier molecular flexibility index (Phi) is 4.74. The molecule has 2 rings (SSSR count). The minimum absolute atomic E-state index is 0.257. The molecule has 0 aromatic heterocycles. The molecule has 2 aromatic rings. The normalized spacial score (nSPS) is 11.7. The molecule has 0 saturated heterocycles. The zero-order valence-corrected chi connectivity index (χ0v) is 14.6. The lowest BCUT2D eigenvalue weighted by atomic mass is 10.0. The third-order valence-corrected chi connectivity index (χ3v) is 5.27. The van der Waals surface area contributed by atoms with Crippen molar-refractivity contribution in [1.29, 1.82) is 0 Å². The van der Waals surface area contributed by atoms with Gasteiger partial charge in [0.2, 0.25) is 0 Å². The Morgan fingerprint density at radius 2 is 1.67 bits per heavy atom. The number of rotatable bonds is 4. The van der Waals surface area contributed by atoms with Gasteiger partial charge >= 0.3 is 0 Å². The highest BCUT2D eigenvalue weighted by atomic mass is 79.9. The van der Waals surface area contributed by atoms with Gasteiger partial charge in [-0.1, -0.05) is 37.6 Å². The first-order chi connectivity index (χ1) is 9.79. The molecule has 0 spiro atoms. The van der Waals surface area contributed by atoms with E-state index in [1.54, 1.807) is 30.3 Å². The summed E-state index contributed by atoms with van der Waals surface area (Å²) in [5.41, 5.74) is 2.72. The molecule has 0 unspecified atom stereocenters. The first kappa shape index (κ1) is 16.0. The summed E-state index contributed by atoms with van der Waals surface area (Å²) in [7, 11) is -3.57. The molecular weight excluding hydrogens is 350 g/mol. The summed E-state index contributed by atoms with van der Waals surface area (Å²) in [5.74, 6) is 0.393. The van der Waals surface area contributed by atoms with Crippen LogP contribution in [0.5, 0.6) is 0 Å². The van der Waals surface area contributed by atoms with Crippen LogP contribution in [-0.2, 0) is 10.0 Å². The number of benzene rings is 2. The Balaban J connectivity index is 2.30. The molecule has 0 aliphatic heterocycles. The summed E-state index contributed by atoms with van der Waals surface area (Å²) in [6.07, 6.45) is 0. The van der Waals surface area contributed by atoms with E-state index in [0.717, 1.165) is 15.6 Å². The molecule has 2 aromatic carbocycles. The van der Waals surface area contributed by atoms with Gasteiger partial charge in [0, 0.05) is 4.47 Å². The van der Waals surface area contributed by atoms with Crippen LogP contribution in [0.4, 0.5) is 5.69 Å². The quantitative estimate of drug-likeness (QED) is 0.852. The van der Waals surface area contributed by atoms with Gasteiger partial charge in [0.15, 0.2) is 0 Å². The van der Waals surface area contributed by atoms with Crippen LogP contribution >= 0.6 is 15.9 Å². The van der Waals surface area contributed by atoms with Crippen LogP contribution in [0.3, 0.4) is 0 Å². The number of hydrogen-bond donors (Lipinski definition) is 1. The van der Waals surface area contributed by atoms with Gasteiger partial charge in [-0.2, -0.15) is 0 Å². The maximum Gasteiger partial charge on any atom is 0.261 e. The zero-order valence-electron chi connectivity index (χ0n) is 12.2. The molecule has 0 aliphatic carbocycles. The molecule has 0 saturated carbocycles. The molecule has 1 N–H and O–H groups in total. The molecule has 21 heavy (non-hydrogen) atoms. The van der Waals surface area contributed by atoms with Crippen LogP contribution in [-0.4, -0.2) is 8.42 Å². The van der Waals surface area contributed by atoms with Crippen molar-refractivity contribution in [3.05, 3.63) is 58.1 Å². The standard InChI is InChI=1S/C16H18BrNO2S/c1-11(2)13-6-9-16(15(17)10-13)18-21(19,20)14-7-4-12(3)5-8-14/h4-11,18H,1-3H3. The molecule has 0 bridgehead atoms. The van der Waals surface area contributed by atoms with Crippen LogP contribution in [0.1, 0.15) is 30.9 Å². The molecular formula is C16H18BrNO2S. The molecule has 0 amide bonds. The van der Waals surface area contributed by atoms with E-state index in [1.807, 2.05) is 19.1 Å². The average Bonchev–Trinajstić information content (AvgIpc) is 2.41. The fraction of sp³-hybridized carbons (Fsp3) is 0.250. The Morgan fingerprint density at radius 3 is 2.19 bits per heavy atom. The number of aryl methyl sites for hydroxylation is 1. The fourth-order valence-corrected chi connectivity index (χ4v) is 3.60. The van der Waals surface area contributed by atoms with Gasteiger partial charge in [-0.25, -0.2) is 8.42 Å². The van der Waals surface area contributed by atoms with Gasteiger partial charge in [-0.05, 0) is 58.6 Å². The van der Waals surface area contributed by atoms with Crippen molar-refractivity contribution in [2.24, 2.45) is 0 Å². The fourth-order valence-electron chi connectivity index (χ4n) is 1.89. The third-order valence-electron chi connectivity index (χ3n) is 3.24. The molecule has 0 radical (unpaired) electrons. The van der Waals surface area contributed by atoms with E-state index in [1.165, 1.54) is 0 Å². The van der Waals surface area contributed by atoms with Crippen LogP contribution in [0.15, 0.2) is 51.8 Å². The predicted octanol–water partition coefficient (Wildman–Crippen LogP) is 4.68. The van der Waals surface area contributed by atoms with E-state index in [9.17, 15) is 8.42 Å². The molecule has 0 aliphatic rings. The second-order valence-corrected chi connectivity index (χ2v) is 7.85. The average molecular weight is 368 g/mol. The van der Waals surface area contributed by atoms with Crippen LogP contribution < -0.4 is 4.72 Å². The zero-order chi connectivity index (χ0) is 15.6. The third kappa shape index (κ3) is 3.86. The second kappa shape index (κ2) is 6.20. The van der Waals surface area contributed by atoms with Gasteiger partial charge < -0.3 is 0 Å². The van der Waals surface area contributed by atoms with Gasteiger partial charge in [-0.15, -0.1) is 0 Å². The maximum atomic E-state index is 12.4. The lowest BCUT2D eigenvalue weighted by Gasteiger charge is -2.12. The van der Waals surface area contributed by atoms with Gasteiger partial charge in [0.25, 0.3) is 10.0 Å². The molecule has 112 valence electrons. The first-order valence-electron chi connectivity index (χ1n) is 6.68. The highest BCUT2D eigenvalue weighted by Crippen LogP contribution is 2.28. The summed E-state index contributed by atoms with van der Waals surface area (Å²) >= 11 is 3.43. The van der Waals surface area contributed by atoms with Gasteiger partial charge in [0.1, 0.15) is 0 Å². The highest BCUT2D eigenvalue weighted by Gasteiger charge is 2.15. The van der Waals surface area contributed by atoms with Crippen molar-refractivity contribution in [2.45, 2.75) is 31.6 Å². The van der Waals surface area contributed by atoms with Crippen LogP contribution in [0.2, 0.25) is 0 Å². The summed E-state index contributed by atoms with van der Waals surface area (Å²) < 4.78 is 28.1. The second-order valence-electron chi connectivity index (χ2n) is 5.31. The Bertz CT molecular complexity index is 737. The van der Waals surface area contributed by atoms with E-state index < -0.39 is 10.0 Å². The topological polar surface area (TPSA) is 46.2 Å². The highest BCUT2D eigenvalue weighted by molar-refractivity contribution is 9.10. The van der Waals surface area contributed by atoms with E-state index in [0.29, 0.717) is 11.6 Å². The first-order valence-corrected chi connectivity index (χ1v) is 8.96. The van der Waals surface area contributed by atoms with Gasteiger partial charge in [0.05, 0.1) is 10.6 Å². The van der Waals surface area contributed by atoms with Crippen molar-refractivity contribution in [1.82, 2.24) is 0 Å². The van der Waals surface area contributed by atoms with E-state index in [2.05, 4.69) is 34.5 Å². The Labute approximate surface area is 134 Å². The number of halogens is 1. The lowest BCUT2D eigenvalue weighted by Crippen LogP contribution is -2.13. The van der Waals surface area contributed by atoms with Crippen LogP contribution in [0, 0.1) is 6.92 Å². The molecule has 0 atom stereocenters. The van der Waals surface area contributed by atoms with Crippen molar-refractivity contribution in [3.8, 4) is 0 Å². The molecule has 0 heterocycles. The SMILES string of the molecule is Cc1ccc(S(=O)(=O)Nc2ccc(C(C)C)cc2Br)cc1. The maximum absolute atomic E-state index is 12.4. The lowest BCUT2D eigenvalue weighted by molar-refractivity contribution is 0.601. The number of nitrogens with one attached hydrogen (secondary N) is 1. The van der Waals surface area contributed by atoms with Crippen molar-refractivity contribution < 1.29 is 8.42 Å². The Hall–Kier alpha value is -1.33. The molecule has 5 heteroatoms. The monoisotopic (exact) mass is 367 g/mol. The smallest absolute Gasteiger partial charge is 0.261 e. The van der Waals surface area contributed by atoms with Crippen molar-refractivity contribution >= 4 is 31.6 Å². The Morgan fingerprint density at radius 1 is 1.05 bits per heavy atom. The van der Waals surface area contributed by atoms with E-state index >= 15 is 0 Å². The number of sulfonamides is 1. The summed E-state index contributed by atoms with van der Waals surface area (Å²) in [4.78, 5) is 0.257. The van der Waals surface area contributed by atoms with Gasteiger partial charge in [-0.3, -0.25) is 4.72 Å². The minimum atomic E-state index is -3.57.